The van der Waals surface area contributed by atoms with Gasteiger partial charge in [-0.3, -0.25) is 0 Å². The van der Waals surface area contributed by atoms with E-state index in [4.69, 9.17) is 19.8 Å². The van der Waals surface area contributed by atoms with Crippen LogP contribution in [0.1, 0.15) is 38.8 Å². The zero-order chi connectivity index (χ0) is 22.6. The number of ether oxygens (including phenoxy) is 1. The molecule has 0 atom stereocenters. The highest BCUT2D eigenvalue weighted by atomic mass is 19.1. The largest absolute Gasteiger partial charge is 0.492 e. The van der Waals surface area contributed by atoms with Gasteiger partial charge >= 0.3 is 13.2 Å². The molecule has 1 aromatic carbocycles. The minimum atomic E-state index is -0.736. The van der Waals surface area contributed by atoms with E-state index < -0.39 is 30.2 Å². The maximum atomic E-state index is 13.9. The Morgan fingerprint density at radius 2 is 1.87 bits per heavy atom. The van der Waals surface area contributed by atoms with Gasteiger partial charge in [0.15, 0.2) is 11.6 Å². The second-order valence-corrected chi connectivity index (χ2v) is 8.36. The molecular weight excluding hydrogens is 400 g/mol. The quantitative estimate of drug-likeness (QED) is 0.682. The Balaban J connectivity index is 1.73. The zero-order valence-corrected chi connectivity index (χ0v) is 18.1. The van der Waals surface area contributed by atoms with Gasteiger partial charge in [0, 0.05) is 12.7 Å². The first-order chi connectivity index (χ1) is 14.6. The first-order valence-electron chi connectivity index (χ1n) is 9.99. The van der Waals surface area contributed by atoms with Crippen LogP contribution in [0.2, 0.25) is 0 Å². The van der Waals surface area contributed by atoms with Gasteiger partial charge in [-0.1, -0.05) is 36.4 Å². The molecule has 0 bridgehead atoms. The van der Waals surface area contributed by atoms with E-state index in [2.05, 4.69) is 10.3 Å². The third-order valence-corrected chi connectivity index (χ3v) is 5.45. The number of carbonyl (C=O) groups is 1. The number of nitrogens with one attached hydrogen (secondary N) is 1. The Bertz CT molecular complexity index is 950. The Morgan fingerprint density at radius 1 is 1.23 bits per heavy atom. The van der Waals surface area contributed by atoms with E-state index in [0.29, 0.717) is 11.0 Å². The highest BCUT2D eigenvalue weighted by molar-refractivity contribution is 6.56. The summed E-state index contributed by atoms with van der Waals surface area (Å²) in [7, 11) is -0.736. The minimum absolute atomic E-state index is 0.0798. The smallest absolute Gasteiger partial charge is 0.445 e. The molecule has 1 aliphatic rings. The third-order valence-electron chi connectivity index (χ3n) is 5.45. The van der Waals surface area contributed by atoms with Crippen LogP contribution in [0.5, 0.6) is 0 Å². The Labute approximate surface area is 181 Å². The molecule has 3 N–H and O–H groups in total. The van der Waals surface area contributed by atoms with Crippen molar-refractivity contribution in [3.8, 4) is 0 Å². The van der Waals surface area contributed by atoms with E-state index in [9.17, 15) is 9.18 Å². The van der Waals surface area contributed by atoms with Gasteiger partial charge in [-0.25, -0.2) is 14.2 Å². The van der Waals surface area contributed by atoms with Crippen molar-refractivity contribution in [2.24, 2.45) is 0 Å². The number of aromatic nitrogens is 1. The highest BCUT2D eigenvalue weighted by Crippen LogP contribution is 2.38. The summed E-state index contributed by atoms with van der Waals surface area (Å²) in [5.74, 6) is -0.811. The molecule has 0 saturated carbocycles. The lowest BCUT2D eigenvalue weighted by atomic mass is 9.77. The van der Waals surface area contributed by atoms with Crippen LogP contribution in [0.25, 0.3) is 6.08 Å². The van der Waals surface area contributed by atoms with Crippen LogP contribution in [0.4, 0.5) is 15.0 Å². The molecule has 0 radical (unpaired) electrons. The molecule has 7 nitrogen and oxygen atoms in total. The summed E-state index contributed by atoms with van der Waals surface area (Å²) < 4.78 is 31.3. The summed E-state index contributed by atoms with van der Waals surface area (Å²) in [6, 6.07) is 10.6. The first kappa shape index (κ1) is 22.8. The summed E-state index contributed by atoms with van der Waals surface area (Å²) >= 11 is 0. The molecule has 0 aliphatic carbocycles. The number of hydrogen-bond donors (Lipinski definition) is 2. The van der Waals surface area contributed by atoms with E-state index in [0.717, 1.165) is 5.56 Å². The molecule has 1 saturated heterocycles. The number of anilines is 1. The van der Waals surface area contributed by atoms with Crippen molar-refractivity contribution in [1.29, 1.82) is 0 Å². The van der Waals surface area contributed by atoms with Crippen LogP contribution in [-0.2, 0) is 20.7 Å². The van der Waals surface area contributed by atoms with Gasteiger partial charge < -0.3 is 25.1 Å². The molecular formula is C22H27BFN3O4. The second-order valence-electron chi connectivity index (χ2n) is 8.36. The van der Waals surface area contributed by atoms with Crippen molar-refractivity contribution in [3.05, 3.63) is 65.0 Å². The van der Waals surface area contributed by atoms with Gasteiger partial charge in [-0.05, 0) is 50.4 Å². The first-order valence-corrected chi connectivity index (χ1v) is 9.99. The third kappa shape index (κ3) is 5.62. The molecule has 1 amide bonds. The van der Waals surface area contributed by atoms with Crippen LogP contribution >= 0.6 is 0 Å². The average Bonchev–Trinajstić information content (AvgIpc) is 2.94. The zero-order valence-electron chi connectivity index (χ0n) is 18.1. The number of hydrogen-bond acceptors (Lipinski definition) is 6. The van der Waals surface area contributed by atoms with Crippen molar-refractivity contribution in [2.75, 3.05) is 12.3 Å². The normalized spacial score (nSPS) is 17.5. The lowest BCUT2D eigenvalue weighted by molar-refractivity contribution is 0.00578. The molecule has 31 heavy (non-hydrogen) atoms. The van der Waals surface area contributed by atoms with Gasteiger partial charge in [0.25, 0.3) is 0 Å². The molecule has 9 heteroatoms. The summed E-state index contributed by atoms with van der Waals surface area (Å²) in [5, 5.41) is 2.70. The van der Waals surface area contributed by atoms with Crippen molar-refractivity contribution in [1.82, 2.24) is 10.3 Å². The summed E-state index contributed by atoms with van der Waals surface area (Å²) in [5.41, 5.74) is 6.24. The van der Waals surface area contributed by atoms with E-state index >= 15 is 0 Å². The molecule has 164 valence electrons. The average molecular weight is 427 g/mol. The van der Waals surface area contributed by atoms with Gasteiger partial charge in [-0.2, -0.15) is 0 Å². The van der Waals surface area contributed by atoms with Crippen molar-refractivity contribution in [3.63, 3.8) is 0 Å². The highest BCUT2D eigenvalue weighted by Gasteiger charge is 2.52. The van der Waals surface area contributed by atoms with Crippen LogP contribution < -0.4 is 11.1 Å². The number of nitrogens with zero attached hydrogens (tertiary/aromatic N) is 1. The number of halogens is 1. The molecule has 2 heterocycles. The molecule has 1 aliphatic heterocycles. The Morgan fingerprint density at radius 3 is 2.48 bits per heavy atom. The number of pyridine rings is 1. The summed E-state index contributed by atoms with van der Waals surface area (Å²) in [6.07, 6.45) is 2.51. The number of benzene rings is 1. The van der Waals surface area contributed by atoms with Crippen molar-refractivity contribution >= 4 is 25.1 Å². The fourth-order valence-corrected chi connectivity index (χ4v) is 2.90. The number of carbonyl (C=O) groups excluding carboxylic acids is 1. The summed E-state index contributed by atoms with van der Waals surface area (Å²) in [4.78, 5) is 16.0. The lowest BCUT2D eigenvalue weighted by Crippen LogP contribution is -2.41. The van der Waals surface area contributed by atoms with Crippen LogP contribution in [0.15, 0.2) is 48.1 Å². The molecule has 3 rings (SSSR count). The molecule has 2 aromatic rings. The number of alkyl carbamates (subject to hydrolysis) is 1. The van der Waals surface area contributed by atoms with E-state index in [-0.39, 0.29) is 19.0 Å². The number of amides is 1. The number of nitrogen functional groups attached to an aromatic ring is 1. The van der Waals surface area contributed by atoms with Crippen LogP contribution in [-0.4, -0.2) is 35.9 Å². The van der Waals surface area contributed by atoms with E-state index in [1.165, 1.54) is 12.3 Å². The van der Waals surface area contributed by atoms with Crippen molar-refractivity contribution < 1.29 is 23.2 Å². The monoisotopic (exact) mass is 427 g/mol. The lowest BCUT2D eigenvalue weighted by Gasteiger charge is -2.32. The van der Waals surface area contributed by atoms with Crippen LogP contribution in [0.3, 0.4) is 0 Å². The van der Waals surface area contributed by atoms with Crippen LogP contribution in [0, 0.1) is 5.82 Å². The van der Waals surface area contributed by atoms with Gasteiger partial charge in [0.05, 0.1) is 11.2 Å². The molecule has 0 unspecified atom stereocenters. The molecule has 0 spiro atoms. The minimum Gasteiger partial charge on any atom is -0.445 e. The number of rotatable bonds is 6. The maximum absolute atomic E-state index is 13.9. The molecule has 1 fully saturated rings. The fraction of sp³-hybridized carbons (Fsp3) is 0.364. The predicted octanol–water partition coefficient (Wildman–Crippen LogP) is 3.74. The maximum Gasteiger partial charge on any atom is 0.492 e. The fourth-order valence-electron chi connectivity index (χ4n) is 2.90. The van der Waals surface area contributed by atoms with E-state index in [1.807, 2.05) is 58.0 Å². The Kier molecular flexibility index (Phi) is 6.67. The van der Waals surface area contributed by atoms with Crippen molar-refractivity contribution in [2.45, 2.75) is 45.5 Å². The van der Waals surface area contributed by atoms with Gasteiger partial charge in [0.1, 0.15) is 6.61 Å². The number of nitrogens with two attached hydrogens (primary N) is 1. The van der Waals surface area contributed by atoms with Gasteiger partial charge in [-0.15, -0.1) is 0 Å². The van der Waals surface area contributed by atoms with E-state index in [1.54, 1.807) is 6.08 Å². The Hall–Kier alpha value is -2.91. The SMILES string of the molecule is CC1(C)OB(C(=Cc2cnc(N)c(F)c2)CNC(=O)OCc2ccccc2)OC1(C)C. The second kappa shape index (κ2) is 9.07. The summed E-state index contributed by atoms with van der Waals surface area (Å²) in [6.45, 7) is 7.94. The standard InChI is InChI=1S/C22H27BFN3O4/c1-21(2)22(3,4)31-23(30-21)17(10-16-11-18(24)19(25)26-12-16)13-27-20(28)29-14-15-8-6-5-7-9-15/h5-12H,13-14H2,1-4H3,(H2,25,26)(H,27,28). The molecule has 1 aromatic heterocycles. The topological polar surface area (TPSA) is 95.7 Å². The van der Waals surface area contributed by atoms with Gasteiger partial charge in [0.2, 0.25) is 0 Å². The predicted molar refractivity (Wildman–Crippen MR) is 117 cm³/mol.